The first kappa shape index (κ1) is 18.7. The molecule has 0 spiro atoms. The fourth-order valence-electron chi connectivity index (χ4n) is 2.62. The number of nitrogens with zero attached hydrogens (tertiary/aromatic N) is 1. The third-order valence-electron chi connectivity index (χ3n) is 3.91. The Morgan fingerprint density at radius 2 is 2.04 bits per heavy atom. The van der Waals surface area contributed by atoms with Gasteiger partial charge in [-0.25, -0.2) is 4.79 Å². The fraction of sp³-hybridized carbons (Fsp3) is 0.611. The maximum absolute atomic E-state index is 11.8. The molecule has 1 aromatic carbocycles. The Morgan fingerprint density at radius 3 is 2.83 bits per heavy atom. The minimum absolute atomic E-state index is 0.134. The van der Waals surface area contributed by atoms with Gasteiger partial charge in [-0.1, -0.05) is 24.3 Å². The van der Waals surface area contributed by atoms with Crippen LogP contribution in [-0.4, -0.2) is 57.0 Å². The second-order valence-electron chi connectivity index (χ2n) is 5.87. The van der Waals surface area contributed by atoms with Crippen molar-refractivity contribution in [2.24, 2.45) is 0 Å². The van der Waals surface area contributed by atoms with Crippen molar-refractivity contribution in [3.8, 4) is 0 Å². The third kappa shape index (κ3) is 7.29. The second-order valence-corrected chi connectivity index (χ2v) is 5.87. The predicted molar refractivity (Wildman–Crippen MR) is 93.9 cm³/mol. The number of benzene rings is 1. The first-order chi connectivity index (χ1) is 11.8. The number of carbonyl (C=O) groups excluding carboxylic acids is 1. The number of hydrogen-bond acceptors (Lipinski definition) is 4. The van der Waals surface area contributed by atoms with E-state index in [4.69, 9.17) is 9.47 Å². The average molecular weight is 335 g/mol. The summed E-state index contributed by atoms with van der Waals surface area (Å²) in [4.78, 5) is 14.2. The van der Waals surface area contributed by atoms with Crippen molar-refractivity contribution >= 4 is 6.03 Å². The SMILES string of the molecule is CCOCCCNC(=O)NCc1cccc(CN2CCOCC2)c1. The largest absolute Gasteiger partial charge is 0.382 e. The van der Waals surface area contributed by atoms with Crippen molar-refractivity contribution in [2.75, 3.05) is 46.1 Å². The van der Waals surface area contributed by atoms with E-state index >= 15 is 0 Å². The molecule has 1 aliphatic heterocycles. The van der Waals surface area contributed by atoms with E-state index in [0.29, 0.717) is 26.3 Å². The maximum atomic E-state index is 11.8. The number of nitrogens with one attached hydrogen (secondary N) is 2. The predicted octanol–water partition coefficient (Wildman–Crippen LogP) is 1.74. The quantitative estimate of drug-likeness (QED) is 0.675. The molecule has 0 aromatic heterocycles. The summed E-state index contributed by atoms with van der Waals surface area (Å²) in [6.45, 7) is 9.04. The highest BCUT2D eigenvalue weighted by atomic mass is 16.5. The van der Waals surface area contributed by atoms with Crippen LogP contribution >= 0.6 is 0 Å². The van der Waals surface area contributed by atoms with Crippen LogP contribution in [0.5, 0.6) is 0 Å². The van der Waals surface area contributed by atoms with Crippen molar-refractivity contribution < 1.29 is 14.3 Å². The number of amides is 2. The summed E-state index contributed by atoms with van der Waals surface area (Å²) in [6, 6.07) is 8.24. The molecule has 1 saturated heterocycles. The van der Waals surface area contributed by atoms with Gasteiger partial charge in [-0.15, -0.1) is 0 Å². The van der Waals surface area contributed by atoms with E-state index < -0.39 is 0 Å². The number of hydrogen-bond donors (Lipinski definition) is 2. The molecule has 134 valence electrons. The van der Waals surface area contributed by atoms with E-state index in [1.807, 2.05) is 19.1 Å². The van der Waals surface area contributed by atoms with E-state index in [0.717, 1.165) is 44.8 Å². The van der Waals surface area contributed by atoms with Crippen LogP contribution in [0, 0.1) is 0 Å². The van der Waals surface area contributed by atoms with Gasteiger partial charge in [-0.3, -0.25) is 4.90 Å². The van der Waals surface area contributed by atoms with Gasteiger partial charge in [0.05, 0.1) is 13.2 Å². The van der Waals surface area contributed by atoms with Gasteiger partial charge in [0.1, 0.15) is 0 Å². The van der Waals surface area contributed by atoms with Crippen molar-refractivity contribution in [1.82, 2.24) is 15.5 Å². The van der Waals surface area contributed by atoms with Gasteiger partial charge in [0.2, 0.25) is 0 Å². The Kier molecular flexibility index (Phi) is 8.59. The molecule has 1 aliphatic rings. The molecule has 0 aliphatic carbocycles. The van der Waals surface area contributed by atoms with E-state index in [1.54, 1.807) is 0 Å². The zero-order chi connectivity index (χ0) is 17.0. The molecule has 1 fully saturated rings. The van der Waals surface area contributed by atoms with Crippen LogP contribution < -0.4 is 10.6 Å². The standard InChI is InChI=1S/C18H29N3O3/c1-2-23-10-4-7-19-18(22)20-14-16-5-3-6-17(13-16)15-21-8-11-24-12-9-21/h3,5-6,13H,2,4,7-12,14-15H2,1H3,(H2,19,20,22). The molecule has 2 rings (SSSR count). The van der Waals surface area contributed by atoms with Crippen LogP contribution in [0.2, 0.25) is 0 Å². The highest BCUT2D eigenvalue weighted by molar-refractivity contribution is 5.73. The molecule has 0 atom stereocenters. The van der Waals surface area contributed by atoms with Gasteiger partial charge in [0, 0.05) is 45.9 Å². The zero-order valence-corrected chi connectivity index (χ0v) is 14.6. The number of rotatable bonds is 9. The van der Waals surface area contributed by atoms with Gasteiger partial charge in [-0.05, 0) is 24.5 Å². The van der Waals surface area contributed by atoms with Crippen LogP contribution in [-0.2, 0) is 22.6 Å². The van der Waals surface area contributed by atoms with Gasteiger partial charge in [0.25, 0.3) is 0 Å². The lowest BCUT2D eigenvalue weighted by atomic mass is 10.1. The number of urea groups is 1. The lowest BCUT2D eigenvalue weighted by Crippen LogP contribution is -2.36. The number of ether oxygens (including phenoxy) is 2. The third-order valence-corrected chi connectivity index (χ3v) is 3.91. The van der Waals surface area contributed by atoms with E-state index in [2.05, 4.69) is 27.7 Å². The molecule has 0 unspecified atom stereocenters. The van der Waals surface area contributed by atoms with Gasteiger partial charge in [-0.2, -0.15) is 0 Å². The minimum atomic E-state index is -0.134. The molecule has 2 N–H and O–H groups in total. The molecule has 6 nitrogen and oxygen atoms in total. The highest BCUT2D eigenvalue weighted by Gasteiger charge is 2.10. The van der Waals surface area contributed by atoms with Gasteiger partial charge in [0.15, 0.2) is 0 Å². The fourth-order valence-corrected chi connectivity index (χ4v) is 2.62. The molecule has 24 heavy (non-hydrogen) atoms. The Labute approximate surface area is 144 Å². The van der Waals surface area contributed by atoms with Gasteiger partial charge < -0.3 is 20.1 Å². The summed E-state index contributed by atoms with van der Waals surface area (Å²) >= 11 is 0. The van der Waals surface area contributed by atoms with E-state index in [-0.39, 0.29) is 6.03 Å². The molecular weight excluding hydrogens is 306 g/mol. The summed E-state index contributed by atoms with van der Waals surface area (Å²) in [6.07, 6.45) is 0.830. The minimum Gasteiger partial charge on any atom is -0.382 e. The van der Waals surface area contributed by atoms with Crippen LogP contribution in [0.1, 0.15) is 24.5 Å². The lowest BCUT2D eigenvalue weighted by molar-refractivity contribution is 0.0342. The first-order valence-corrected chi connectivity index (χ1v) is 8.75. The van der Waals surface area contributed by atoms with Crippen LogP contribution in [0.4, 0.5) is 4.79 Å². The summed E-state index contributed by atoms with van der Waals surface area (Å²) in [5, 5.41) is 5.74. The number of carbonyl (C=O) groups is 1. The van der Waals surface area contributed by atoms with Crippen molar-refractivity contribution in [3.05, 3.63) is 35.4 Å². The molecular formula is C18H29N3O3. The maximum Gasteiger partial charge on any atom is 0.315 e. The van der Waals surface area contributed by atoms with E-state index in [9.17, 15) is 4.79 Å². The molecule has 0 bridgehead atoms. The van der Waals surface area contributed by atoms with E-state index in [1.165, 1.54) is 5.56 Å². The first-order valence-electron chi connectivity index (χ1n) is 8.75. The van der Waals surface area contributed by atoms with Crippen molar-refractivity contribution in [3.63, 3.8) is 0 Å². The Bertz CT molecular complexity index is 490. The monoisotopic (exact) mass is 335 g/mol. The smallest absolute Gasteiger partial charge is 0.315 e. The van der Waals surface area contributed by atoms with Gasteiger partial charge >= 0.3 is 6.03 Å². The summed E-state index contributed by atoms with van der Waals surface area (Å²) in [5.74, 6) is 0. The highest BCUT2D eigenvalue weighted by Crippen LogP contribution is 2.10. The molecule has 0 radical (unpaired) electrons. The summed E-state index contributed by atoms with van der Waals surface area (Å²) in [7, 11) is 0. The molecule has 0 saturated carbocycles. The van der Waals surface area contributed by atoms with Crippen LogP contribution in [0.3, 0.4) is 0 Å². The number of morpholine rings is 1. The lowest BCUT2D eigenvalue weighted by Gasteiger charge is -2.26. The summed E-state index contributed by atoms with van der Waals surface area (Å²) < 4.78 is 10.6. The summed E-state index contributed by atoms with van der Waals surface area (Å²) in [5.41, 5.74) is 2.39. The molecule has 1 heterocycles. The average Bonchev–Trinajstić information content (AvgIpc) is 2.61. The van der Waals surface area contributed by atoms with Crippen molar-refractivity contribution in [1.29, 1.82) is 0 Å². The Morgan fingerprint density at radius 1 is 1.25 bits per heavy atom. The second kappa shape index (κ2) is 11.0. The normalized spacial score (nSPS) is 15.2. The Balaban J connectivity index is 1.68. The van der Waals surface area contributed by atoms with Crippen molar-refractivity contribution in [2.45, 2.75) is 26.4 Å². The van der Waals surface area contributed by atoms with Crippen LogP contribution in [0.25, 0.3) is 0 Å². The van der Waals surface area contributed by atoms with Crippen LogP contribution in [0.15, 0.2) is 24.3 Å². The molecule has 2 amide bonds. The zero-order valence-electron chi connectivity index (χ0n) is 14.6. The molecule has 1 aromatic rings. The Hall–Kier alpha value is -1.63. The topological polar surface area (TPSA) is 62.8 Å². The molecule has 6 heteroatoms.